The van der Waals surface area contributed by atoms with E-state index < -0.39 is 11.9 Å². The van der Waals surface area contributed by atoms with Crippen LogP contribution in [0, 0.1) is 19.8 Å². The maximum atomic E-state index is 12.5. The Balaban J connectivity index is 2.23. The zero-order chi connectivity index (χ0) is 15.0. The van der Waals surface area contributed by atoms with Crippen LogP contribution in [0.25, 0.3) is 0 Å². The monoisotopic (exact) mass is 278 g/mol. The first kappa shape index (κ1) is 14.6. The summed E-state index contributed by atoms with van der Waals surface area (Å²) >= 11 is 0. The van der Waals surface area contributed by atoms with E-state index in [9.17, 15) is 9.59 Å². The van der Waals surface area contributed by atoms with Gasteiger partial charge >= 0.3 is 5.97 Å². The first-order valence-electron chi connectivity index (χ1n) is 7.03. The van der Waals surface area contributed by atoms with Gasteiger partial charge < -0.3 is 14.6 Å². The fourth-order valence-electron chi connectivity index (χ4n) is 3.10. The molecule has 5 nitrogen and oxygen atoms in total. The Labute approximate surface area is 119 Å². The third-order valence-corrected chi connectivity index (χ3v) is 4.06. The molecule has 1 N–H and O–H groups in total. The standard InChI is InChI=1S/C15H22N2O3/c1-9(2)17-10(3)7-13(11(17)4)14(18)16-6-5-12(8-16)15(19)20/h7,9,12H,5-6,8H2,1-4H3,(H,19,20)/t12-/m0/s1. The summed E-state index contributed by atoms with van der Waals surface area (Å²) in [6.45, 7) is 8.97. The summed E-state index contributed by atoms with van der Waals surface area (Å²) < 4.78 is 2.14. The molecule has 1 aromatic heterocycles. The van der Waals surface area contributed by atoms with E-state index >= 15 is 0 Å². The Kier molecular flexibility index (Phi) is 3.88. The van der Waals surface area contributed by atoms with Crippen molar-refractivity contribution >= 4 is 11.9 Å². The van der Waals surface area contributed by atoms with Crippen molar-refractivity contribution in [1.82, 2.24) is 9.47 Å². The molecule has 0 aliphatic carbocycles. The molecule has 1 aromatic rings. The van der Waals surface area contributed by atoms with E-state index in [1.54, 1.807) is 4.90 Å². The highest BCUT2D eigenvalue weighted by Crippen LogP contribution is 2.24. The minimum absolute atomic E-state index is 0.0475. The maximum Gasteiger partial charge on any atom is 0.308 e. The average Bonchev–Trinajstić information content (AvgIpc) is 2.93. The van der Waals surface area contributed by atoms with Crippen LogP contribution < -0.4 is 0 Å². The molecular weight excluding hydrogens is 256 g/mol. The number of likely N-dealkylation sites (tertiary alicyclic amines) is 1. The number of rotatable bonds is 3. The van der Waals surface area contributed by atoms with E-state index in [-0.39, 0.29) is 5.91 Å². The number of carbonyl (C=O) groups excluding carboxylic acids is 1. The molecule has 0 radical (unpaired) electrons. The number of aromatic nitrogens is 1. The number of carboxylic acid groups (broad SMARTS) is 1. The van der Waals surface area contributed by atoms with Crippen molar-refractivity contribution in [2.75, 3.05) is 13.1 Å². The largest absolute Gasteiger partial charge is 0.481 e. The maximum absolute atomic E-state index is 12.5. The van der Waals surface area contributed by atoms with Gasteiger partial charge in [-0.3, -0.25) is 9.59 Å². The number of aryl methyl sites for hydroxylation is 1. The van der Waals surface area contributed by atoms with Gasteiger partial charge in [-0.05, 0) is 40.2 Å². The van der Waals surface area contributed by atoms with Crippen LogP contribution in [0.4, 0.5) is 0 Å². The Morgan fingerprint density at radius 2 is 2.00 bits per heavy atom. The SMILES string of the molecule is Cc1cc(C(=O)N2CC[C@H](C(=O)O)C2)c(C)n1C(C)C. The first-order chi connectivity index (χ1) is 9.32. The molecule has 110 valence electrons. The number of hydrogen-bond acceptors (Lipinski definition) is 2. The van der Waals surface area contributed by atoms with E-state index in [1.807, 2.05) is 19.9 Å². The third kappa shape index (κ3) is 2.44. The smallest absolute Gasteiger partial charge is 0.308 e. The van der Waals surface area contributed by atoms with E-state index in [1.165, 1.54) is 0 Å². The fraction of sp³-hybridized carbons (Fsp3) is 0.600. The van der Waals surface area contributed by atoms with Crippen molar-refractivity contribution in [1.29, 1.82) is 0 Å². The van der Waals surface area contributed by atoms with Gasteiger partial charge in [0.2, 0.25) is 0 Å². The van der Waals surface area contributed by atoms with Gasteiger partial charge in [0, 0.05) is 30.5 Å². The highest BCUT2D eigenvalue weighted by molar-refractivity contribution is 5.96. The molecule has 1 aliphatic rings. The van der Waals surface area contributed by atoms with Gasteiger partial charge in [-0.15, -0.1) is 0 Å². The van der Waals surface area contributed by atoms with Gasteiger partial charge in [-0.2, -0.15) is 0 Å². The van der Waals surface area contributed by atoms with Crippen LogP contribution in [0.2, 0.25) is 0 Å². The van der Waals surface area contributed by atoms with Gasteiger partial charge in [0.1, 0.15) is 0 Å². The lowest BCUT2D eigenvalue weighted by Crippen LogP contribution is -2.30. The number of amides is 1. The molecule has 0 aromatic carbocycles. The van der Waals surface area contributed by atoms with Crippen molar-refractivity contribution < 1.29 is 14.7 Å². The van der Waals surface area contributed by atoms with Gasteiger partial charge in [0.15, 0.2) is 0 Å². The molecule has 1 saturated heterocycles. The van der Waals surface area contributed by atoms with E-state index in [4.69, 9.17) is 5.11 Å². The van der Waals surface area contributed by atoms with Gasteiger partial charge in [0.05, 0.1) is 11.5 Å². The summed E-state index contributed by atoms with van der Waals surface area (Å²) in [4.78, 5) is 25.2. The Bertz CT molecular complexity index is 546. The summed E-state index contributed by atoms with van der Waals surface area (Å²) in [7, 11) is 0. The Morgan fingerprint density at radius 3 is 2.45 bits per heavy atom. The zero-order valence-corrected chi connectivity index (χ0v) is 12.5. The van der Waals surface area contributed by atoms with Crippen LogP contribution in [-0.4, -0.2) is 39.5 Å². The van der Waals surface area contributed by atoms with Gasteiger partial charge in [0.25, 0.3) is 5.91 Å². The number of carbonyl (C=O) groups is 2. The first-order valence-corrected chi connectivity index (χ1v) is 7.03. The predicted octanol–water partition coefficient (Wildman–Crippen LogP) is 2.23. The minimum Gasteiger partial charge on any atom is -0.481 e. The molecule has 0 saturated carbocycles. The number of aliphatic carboxylic acids is 1. The normalized spacial score (nSPS) is 18.9. The molecule has 1 amide bonds. The Morgan fingerprint density at radius 1 is 1.35 bits per heavy atom. The summed E-state index contributed by atoms with van der Waals surface area (Å²) in [5.41, 5.74) is 2.72. The van der Waals surface area contributed by atoms with E-state index in [0.717, 1.165) is 11.4 Å². The molecule has 1 atom stereocenters. The van der Waals surface area contributed by atoms with Crippen molar-refractivity contribution in [2.24, 2.45) is 5.92 Å². The molecule has 0 spiro atoms. The second-order valence-corrected chi connectivity index (χ2v) is 5.82. The number of carboxylic acids is 1. The summed E-state index contributed by atoms with van der Waals surface area (Å²) in [5, 5.41) is 9.02. The molecule has 1 fully saturated rings. The third-order valence-electron chi connectivity index (χ3n) is 4.06. The van der Waals surface area contributed by atoms with Crippen LogP contribution in [0.5, 0.6) is 0 Å². The van der Waals surface area contributed by atoms with Crippen LogP contribution in [0.3, 0.4) is 0 Å². The molecular formula is C15H22N2O3. The van der Waals surface area contributed by atoms with Crippen LogP contribution in [-0.2, 0) is 4.79 Å². The fourth-order valence-corrected chi connectivity index (χ4v) is 3.10. The summed E-state index contributed by atoms with van der Waals surface area (Å²) in [6.07, 6.45) is 0.546. The number of nitrogens with zero attached hydrogens (tertiary/aromatic N) is 2. The van der Waals surface area contributed by atoms with Crippen molar-refractivity contribution in [3.63, 3.8) is 0 Å². The molecule has 0 bridgehead atoms. The van der Waals surface area contributed by atoms with Gasteiger partial charge in [-0.1, -0.05) is 0 Å². The molecule has 5 heteroatoms. The van der Waals surface area contributed by atoms with Crippen LogP contribution >= 0.6 is 0 Å². The average molecular weight is 278 g/mol. The lowest BCUT2D eigenvalue weighted by atomic mass is 10.1. The quantitative estimate of drug-likeness (QED) is 0.922. The van der Waals surface area contributed by atoms with Crippen LogP contribution in [0.15, 0.2) is 6.07 Å². The number of hydrogen-bond donors (Lipinski definition) is 1. The van der Waals surface area contributed by atoms with Crippen molar-refractivity contribution in [2.45, 2.75) is 40.2 Å². The lowest BCUT2D eigenvalue weighted by Gasteiger charge is -2.17. The topological polar surface area (TPSA) is 62.5 Å². The highest BCUT2D eigenvalue weighted by atomic mass is 16.4. The molecule has 1 aliphatic heterocycles. The minimum atomic E-state index is -0.812. The highest BCUT2D eigenvalue weighted by Gasteiger charge is 2.32. The van der Waals surface area contributed by atoms with Crippen molar-refractivity contribution in [3.8, 4) is 0 Å². The Hall–Kier alpha value is -1.78. The lowest BCUT2D eigenvalue weighted by molar-refractivity contribution is -0.141. The zero-order valence-electron chi connectivity index (χ0n) is 12.5. The summed E-state index contributed by atoms with van der Waals surface area (Å²) in [5.74, 6) is -1.28. The second-order valence-electron chi connectivity index (χ2n) is 5.82. The van der Waals surface area contributed by atoms with Crippen molar-refractivity contribution in [3.05, 3.63) is 23.0 Å². The summed E-state index contributed by atoms with van der Waals surface area (Å²) in [6, 6.07) is 2.22. The second kappa shape index (κ2) is 5.31. The molecule has 2 heterocycles. The molecule has 2 rings (SSSR count). The molecule has 0 unspecified atom stereocenters. The van der Waals surface area contributed by atoms with Crippen LogP contribution in [0.1, 0.15) is 48.1 Å². The van der Waals surface area contributed by atoms with E-state index in [2.05, 4.69) is 18.4 Å². The van der Waals surface area contributed by atoms with E-state index in [0.29, 0.717) is 31.1 Å². The van der Waals surface area contributed by atoms with Gasteiger partial charge in [-0.25, -0.2) is 0 Å². The predicted molar refractivity (Wildman–Crippen MR) is 75.9 cm³/mol. The molecule has 20 heavy (non-hydrogen) atoms.